The molecule has 2 heterocycles. The van der Waals surface area contributed by atoms with E-state index in [0.29, 0.717) is 5.92 Å². The molecule has 2 saturated carbocycles. The highest BCUT2D eigenvalue weighted by Crippen LogP contribution is 2.61. The molecule has 6 atom stereocenters. The van der Waals surface area contributed by atoms with Gasteiger partial charge in [0.2, 0.25) is 0 Å². The van der Waals surface area contributed by atoms with Crippen molar-refractivity contribution in [1.82, 2.24) is 10.2 Å². The molecule has 3 aliphatic carbocycles. The van der Waals surface area contributed by atoms with Gasteiger partial charge in [-0.1, -0.05) is 18.6 Å². The number of nitrogens with zero attached hydrogens (tertiary/aromatic N) is 1. The molecule has 1 aromatic heterocycles. The predicted octanol–water partition coefficient (Wildman–Crippen LogP) is 4.23. The summed E-state index contributed by atoms with van der Waals surface area (Å²) in [6.07, 6.45) is 12.5. The van der Waals surface area contributed by atoms with Crippen molar-refractivity contribution in [3.05, 3.63) is 23.4 Å². The van der Waals surface area contributed by atoms with Crippen LogP contribution in [0, 0.1) is 23.2 Å². The quantitative estimate of drug-likeness (QED) is 0.574. The number of allylic oxidation sites excluding steroid dienone is 1. The highest BCUT2D eigenvalue weighted by molar-refractivity contribution is 5.66. The summed E-state index contributed by atoms with van der Waals surface area (Å²) in [6, 6.07) is 0. The van der Waals surface area contributed by atoms with Gasteiger partial charge in [-0.15, -0.1) is 0 Å². The average Bonchev–Trinajstić information content (AvgIpc) is 3.05. The van der Waals surface area contributed by atoms with Gasteiger partial charge >= 0.3 is 5.97 Å². The van der Waals surface area contributed by atoms with Crippen LogP contribution in [0.15, 0.2) is 17.8 Å². The summed E-state index contributed by atoms with van der Waals surface area (Å²) in [5, 5.41) is 11.2. The lowest BCUT2D eigenvalue weighted by atomic mass is 9.48. The first-order chi connectivity index (χ1) is 12.9. The van der Waals surface area contributed by atoms with E-state index in [0.717, 1.165) is 49.8 Å². The topological polar surface area (TPSA) is 67.0 Å². The fourth-order valence-corrected chi connectivity index (χ4v) is 6.91. The second-order valence-corrected chi connectivity index (χ2v) is 9.79. The van der Waals surface area contributed by atoms with Crippen molar-refractivity contribution in [1.29, 1.82) is 0 Å². The van der Waals surface area contributed by atoms with Gasteiger partial charge in [-0.05, 0) is 68.6 Å². The molecule has 0 bridgehead atoms. The molecule has 27 heavy (non-hydrogen) atoms. The molecule has 5 heteroatoms. The van der Waals surface area contributed by atoms with Crippen molar-refractivity contribution in [3.8, 4) is 0 Å². The van der Waals surface area contributed by atoms with E-state index in [9.17, 15) is 4.79 Å². The minimum Gasteiger partial charge on any atom is -0.462 e. The van der Waals surface area contributed by atoms with E-state index >= 15 is 0 Å². The van der Waals surface area contributed by atoms with Crippen LogP contribution in [0.3, 0.4) is 0 Å². The summed E-state index contributed by atoms with van der Waals surface area (Å²) in [5.41, 5.74) is 3.34. The number of carbonyl (C=O) groups excluding carboxylic acids is 1. The Morgan fingerprint density at radius 3 is 2.89 bits per heavy atom. The number of nitrogens with one attached hydrogen (secondary N) is 2. The molecule has 0 saturated heterocycles. The molecule has 6 unspecified atom stereocenters. The van der Waals surface area contributed by atoms with Crippen LogP contribution in [-0.4, -0.2) is 27.8 Å². The van der Waals surface area contributed by atoms with Crippen molar-refractivity contribution >= 4 is 11.8 Å². The van der Waals surface area contributed by atoms with Gasteiger partial charge in [0.05, 0.1) is 6.20 Å². The smallest absolute Gasteiger partial charge is 0.302 e. The van der Waals surface area contributed by atoms with Crippen LogP contribution < -0.4 is 5.32 Å². The van der Waals surface area contributed by atoms with Crippen LogP contribution in [0.5, 0.6) is 0 Å². The Morgan fingerprint density at radius 2 is 2.07 bits per heavy atom. The van der Waals surface area contributed by atoms with Crippen molar-refractivity contribution in [3.63, 3.8) is 0 Å². The van der Waals surface area contributed by atoms with E-state index < -0.39 is 0 Å². The van der Waals surface area contributed by atoms with Gasteiger partial charge in [-0.25, -0.2) is 0 Å². The highest BCUT2D eigenvalue weighted by Gasteiger charge is 2.56. The summed E-state index contributed by atoms with van der Waals surface area (Å²) in [7, 11) is 0. The summed E-state index contributed by atoms with van der Waals surface area (Å²) in [4.78, 5) is 11.4. The second-order valence-electron chi connectivity index (χ2n) is 9.79. The molecule has 0 radical (unpaired) electrons. The Labute approximate surface area is 161 Å². The lowest BCUT2D eigenvalue weighted by molar-refractivity contribution is -0.148. The van der Waals surface area contributed by atoms with Crippen molar-refractivity contribution in [2.24, 2.45) is 23.2 Å². The normalized spacial score (nSPS) is 42.6. The van der Waals surface area contributed by atoms with E-state index in [4.69, 9.17) is 4.74 Å². The highest BCUT2D eigenvalue weighted by atomic mass is 16.5. The van der Waals surface area contributed by atoms with Crippen LogP contribution in [0.1, 0.15) is 64.9 Å². The molecule has 1 aromatic rings. The minimum absolute atomic E-state index is 0.0806. The molecule has 2 fully saturated rings. The summed E-state index contributed by atoms with van der Waals surface area (Å²) < 4.78 is 5.55. The predicted molar refractivity (Wildman–Crippen MR) is 104 cm³/mol. The van der Waals surface area contributed by atoms with Crippen LogP contribution >= 0.6 is 0 Å². The Morgan fingerprint density at radius 1 is 1.22 bits per heavy atom. The van der Waals surface area contributed by atoms with Crippen LogP contribution in [-0.2, 0) is 16.0 Å². The number of anilines is 1. The van der Waals surface area contributed by atoms with Gasteiger partial charge in [0.25, 0.3) is 0 Å². The zero-order valence-corrected chi connectivity index (χ0v) is 16.7. The fraction of sp³-hybridized carbons (Fsp3) is 0.727. The standard InChI is InChI=1S/C22H31N3O2/c1-13(26)27-16-6-8-21(2)15(11-16)4-5-17-18(21)7-9-22(3)19(17)10-14-12-23-25-20(14)24-22/h4,12,16-19H,5-11H2,1-3H3,(H2,23,24,25). The fourth-order valence-electron chi connectivity index (χ4n) is 6.91. The zero-order chi connectivity index (χ0) is 18.8. The number of fused-ring (bicyclic) bond motifs is 6. The van der Waals surface area contributed by atoms with Crippen molar-refractivity contribution < 1.29 is 9.53 Å². The maximum atomic E-state index is 11.4. The summed E-state index contributed by atoms with van der Waals surface area (Å²) >= 11 is 0. The Bertz CT molecular complexity index is 799. The van der Waals surface area contributed by atoms with Crippen molar-refractivity contribution in [2.45, 2.75) is 77.4 Å². The van der Waals surface area contributed by atoms with Crippen LogP contribution in [0.2, 0.25) is 0 Å². The second kappa shape index (κ2) is 5.86. The first-order valence-corrected chi connectivity index (χ1v) is 10.6. The monoisotopic (exact) mass is 369 g/mol. The van der Waals surface area contributed by atoms with Crippen molar-refractivity contribution in [2.75, 3.05) is 5.32 Å². The first-order valence-electron chi connectivity index (χ1n) is 10.6. The lowest BCUT2D eigenvalue weighted by Crippen LogP contribution is -2.58. The third-order valence-electron chi connectivity index (χ3n) is 8.35. The van der Waals surface area contributed by atoms with Gasteiger partial charge in [0.1, 0.15) is 11.9 Å². The first kappa shape index (κ1) is 17.3. The van der Waals surface area contributed by atoms with Gasteiger partial charge in [0, 0.05) is 24.4 Å². The van der Waals surface area contributed by atoms with E-state index in [2.05, 4.69) is 35.4 Å². The van der Waals surface area contributed by atoms with Gasteiger partial charge in [0.15, 0.2) is 0 Å². The SMILES string of the molecule is CC(=O)OC1CCC2(C)C(=CCC3C4Cc5cn[nH]c5NC4(C)CCC32)C1. The Hall–Kier alpha value is -1.78. The number of aromatic nitrogens is 2. The molecule has 146 valence electrons. The van der Waals surface area contributed by atoms with E-state index in [1.165, 1.54) is 25.3 Å². The molecule has 0 aromatic carbocycles. The lowest BCUT2D eigenvalue weighted by Gasteiger charge is -2.59. The summed E-state index contributed by atoms with van der Waals surface area (Å²) in [5.74, 6) is 3.10. The van der Waals surface area contributed by atoms with E-state index in [1.54, 1.807) is 5.57 Å². The molecular formula is C22H31N3O2. The molecule has 2 N–H and O–H groups in total. The van der Waals surface area contributed by atoms with E-state index in [-0.39, 0.29) is 23.0 Å². The van der Waals surface area contributed by atoms with Gasteiger partial charge in [-0.2, -0.15) is 5.10 Å². The average molecular weight is 370 g/mol. The van der Waals surface area contributed by atoms with Gasteiger partial charge in [-0.3, -0.25) is 9.89 Å². The van der Waals surface area contributed by atoms with Crippen LogP contribution in [0.25, 0.3) is 0 Å². The number of esters is 1. The third-order valence-corrected chi connectivity index (χ3v) is 8.35. The number of hydrogen-bond donors (Lipinski definition) is 2. The number of hydrogen-bond acceptors (Lipinski definition) is 4. The molecular weight excluding hydrogens is 338 g/mol. The Balaban J connectivity index is 1.44. The molecule has 5 rings (SSSR count). The minimum atomic E-state index is -0.143. The number of rotatable bonds is 1. The van der Waals surface area contributed by atoms with Crippen LogP contribution in [0.4, 0.5) is 5.82 Å². The maximum absolute atomic E-state index is 11.4. The molecule has 4 aliphatic rings. The summed E-state index contributed by atoms with van der Waals surface area (Å²) in [6.45, 7) is 6.43. The zero-order valence-electron chi connectivity index (χ0n) is 16.7. The third kappa shape index (κ3) is 2.57. The molecule has 0 amide bonds. The molecule has 5 nitrogen and oxygen atoms in total. The number of carbonyl (C=O) groups is 1. The Kier molecular flexibility index (Phi) is 3.76. The number of aromatic amines is 1. The number of ether oxygens (including phenoxy) is 1. The van der Waals surface area contributed by atoms with E-state index in [1.807, 2.05) is 6.20 Å². The van der Waals surface area contributed by atoms with Gasteiger partial charge < -0.3 is 10.1 Å². The molecule has 1 aliphatic heterocycles. The largest absolute Gasteiger partial charge is 0.462 e. The maximum Gasteiger partial charge on any atom is 0.302 e. The molecule has 0 spiro atoms. The number of H-pyrrole nitrogens is 1.